The first kappa shape index (κ1) is 21.1. The molecule has 5 rings (SSSR count). The van der Waals surface area contributed by atoms with Crippen molar-refractivity contribution < 1.29 is 14.3 Å². The topological polar surface area (TPSA) is 87.5 Å². The van der Waals surface area contributed by atoms with E-state index in [0.717, 1.165) is 13.0 Å². The first-order valence-corrected chi connectivity index (χ1v) is 10.8. The van der Waals surface area contributed by atoms with E-state index in [4.69, 9.17) is 0 Å². The number of aryl methyl sites for hydroxylation is 1. The molecule has 1 fully saturated rings. The van der Waals surface area contributed by atoms with E-state index in [1.54, 1.807) is 13.1 Å². The number of halogens is 1. The minimum Gasteiger partial charge on any atom is -0.477 e. The van der Waals surface area contributed by atoms with Crippen LogP contribution in [0.4, 0.5) is 10.1 Å². The van der Waals surface area contributed by atoms with Gasteiger partial charge in [-0.1, -0.05) is 30.3 Å². The van der Waals surface area contributed by atoms with Crippen LogP contribution in [0.1, 0.15) is 15.9 Å². The Morgan fingerprint density at radius 2 is 2.03 bits per heavy atom. The molecule has 3 heterocycles. The summed E-state index contributed by atoms with van der Waals surface area (Å²) in [5, 5.41) is 13.4. The average molecular weight is 446 g/mol. The van der Waals surface area contributed by atoms with Gasteiger partial charge < -0.3 is 19.9 Å². The molecule has 2 N–H and O–H groups in total. The lowest BCUT2D eigenvalue weighted by Gasteiger charge is -2.35. The Balaban J connectivity index is 1.52. The van der Waals surface area contributed by atoms with E-state index >= 15 is 4.39 Å². The van der Waals surface area contributed by atoms with Crippen molar-refractivity contribution in [2.24, 2.45) is 7.05 Å². The van der Waals surface area contributed by atoms with Gasteiger partial charge in [-0.25, -0.2) is 14.2 Å². The van der Waals surface area contributed by atoms with Crippen LogP contribution in [0, 0.1) is 5.82 Å². The van der Waals surface area contributed by atoms with Crippen LogP contribution in [-0.2, 0) is 13.5 Å². The van der Waals surface area contributed by atoms with E-state index in [0.29, 0.717) is 35.3 Å². The molecule has 1 aliphatic heterocycles. The van der Waals surface area contributed by atoms with Gasteiger partial charge in [-0.15, -0.1) is 0 Å². The molecule has 4 aromatic rings. The maximum absolute atomic E-state index is 15.2. The molecule has 0 spiro atoms. The maximum Gasteiger partial charge on any atom is 0.341 e. The number of nitrogens with one attached hydrogen (secondary N) is 1. The zero-order valence-corrected chi connectivity index (χ0v) is 18.1. The number of carbonyl (C=O) groups is 1. The van der Waals surface area contributed by atoms with Gasteiger partial charge in [0.15, 0.2) is 0 Å². The molecule has 2 aromatic carbocycles. The molecule has 1 atom stereocenters. The lowest BCUT2D eigenvalue weighted by Crippen LogP contribution is -2.51. The fourth-order valence-corrected chi connectivity index (χ4v) is 4.54. The number of aromatic carboxylic acids is 1. The van der Waals surface area contributed by atoms with E-state index in [-0.39, 0.29) is 17.0 Å². The van der Waals surface area contributed by atoms with Crippen LogP contribution >= 0.6 is 0 Å². The number of anilines is 1. The SMILES string of the molecule is Cn1cc(C(=O)O)c(=O)c2cc3cc(F)c(N4CCNC(Cc5ccccc5)C4)cc3nc21. The summed E-state index contributed by atoms with van der Waals surface area (Å²) in [4.78, 5) is 30.6. The number of hydrogen-bond donors (Lipinski definition) is 2. The number of piperazine rings is 1. The van der Waals surface area contributed by atoms with Gasteiger partial charge in [0.25, 0.3) is 0 Å². The summed E-state index contributed by atoms with van der Waals surface area (Å²) in [7, 11) is 1.64. The molecule has 0 bridgehead atoms. The molecule has 2 aromatic heterocycles. The van der Waals surface area contributed by atoms with Gasteiger partial charge in [0.05, 0.1) is 16.6 Å². The Labute approximate surface area is 189 Å². The number of aromatic nitrogens is 2. The van der Waals surface area contributed by atoms with Crippen molar-refractivity contribution in [2.75, 3.05) is 24.5 Å². The number of carboxylic acid groups (broad SMARTS) is 1. The van der Waals surface area contributed by atoms with Gasteiger partial charge in [-0.05, 0) is 30.2 Å². The summed E-state index contributed by atoms with van der Waals surface area (Å²) < 4.78 is 16.7. The highest BCUT2D eigenvalue weighted by Gasteiger charge is 2.23. The second-order valence-electron chi connectivity index (χ2n) is 8.43. The third-order valence-electron chi connectivity index (χ3n) is 6.16. The summed E-state index contributed by atoms with van der Waals surface area (Å²) in [6.45, 7) is 2.07. The van der Waals surface area contributed by atoms with Crippen LogP contribution in [0.3, 0.4) is 0 Å². The van der Waals surface area contributed by atoms with Crippen molar-refractivity contribution >= 4 is 33.6 Å². The third-order valence-corrected chi connectivity index (χ3v) is 6.16. The predicted octanol–water partition coefficient (Wildman–Crippen LogP) is 2.94. The molecule has 0 amide bonds. The molecule has 33 heavy (non-hydrogen) atoms. The fourth-order valence-electron chi connectivity index (χ4n) is 4.54. The zero-order chi connectivity index (χ0) is 23.1. The van der Waals surface area contributed by atoms with Crippen molar-refractivity contribution in [3.05, 3.63) is 81.9 Å². The van der Waals surface area contributed by atoms with Crippen LogP contribution < -0.4 is 15.6 Å². The highest BCUT2D eigenvalue weighted by atomic mass is 19.1. The van der Waals surface area contributed by atoms with Gasteiger partial charge in [-0.2, -0.15) is 0 Å². The lowest BCUT2D eigenvalue weighted by atomic mass is 10.0. The predicted molar refractivity (Wildman–Crippen MR) is 126 cm³/mol. The Kier molecular flexibility index (Phi) is 5.30. The zero-order valence-electron chi connectivity index (χ0n) is 18.1. The number of carboxylic acids is 1. The lowest BCUT2D eigenvalue weighted by molar-refractivity contribution is 0.0695. The van der Waals surface area contributed by atoms with Crippen LogP contribution in [0.2, 0.25) is 0 Å². The number of hydrogen-bond acceptors (Lipinski definition) is 5. The molecular formula is C25H23FN4O3. The molecule has 1 unspecified atom stereocenters. The van der Waals surface area contributed by atoms with E-state index in [2.05, 4.69) is 22.4 Å². The van der Waals surface area contributed by atoms with E-state index < -0.39 is 17.2 Å². The second kappa shape index (κ2) is 8.29. The molecule has 168 valence electrons. The summed E-state index contributed by atoms with van der Waals surface area (Å²) in [5.74, 6) is -1.70. The van der Waals surface area contributed by atoms with Crippen molar-refractivity contribution in [3.8, 4) is 0 Å². The Bertz CT molecular complexity index is 1440. The van der Waals surface area contributed by atoms with Crippen LogP contribution in [0.25, 0.3) is 21.9 Å². The second-order valence-corrected chi connectivity index (χ2v) is 8.43. The van der Waals surface area contributed by atoms with Crippen molar-refractivity contribution in [3.63, 3.8) is 0 Å². The molecule has 0 saturated carbocycles. The van der Waals surface area contributed by atoms with Gasteiger partial charge in [0.2, 0.25) is 5.43 Å². The molecule has 1 saturated heterocycles. The van der Waals surface area contributed by atoms with Gasteiger partial charge >= 0.3 is 5.97 Å². The van der Waals surface area contributed by atoms with Crippen molar-refractivity contribution in [1.82, 2.24) is 14.9 Å². The molecule has 0 radical (unpaired) electrons. The Hall–Kier alpha value is -3.78. The number of pyridine rings is 2. The molecule has 8 heteroatoms. The fraction of sp³-hybridized carbons (Fsp3) is 0.240. The van der Waals surface area contributed by atoms with Gasteiger partial charge in [0.1, 0.15) is 17.0 Å². The molecule has 7 nitrogen and oxygen atoms in total. The number of nitrogens with zero attached hydrogens (tertiary/aromatic N) is 3. The Morgan fingerprint density at radius 1 is 1.24 bits per heavy atom. The molecule has 1 aliphatic rings. The highest BCUT2D eigenvalue weighted by molar-refractivity contribution is 5.96. The van der Waals surface area contributed by atoms with E-state index in [1.807, 2.05) is 23.1 Å². The summed E-state index contributed by atoms with van der Waals surface area (Å²) in [5.41, 5.74) is 1.65. The van der Waals surface area contributed by atoms with Crippen LogP contribution in [-0.4, -0.2) is 46.3 Å². The summed E-state index contributed by atoms with van der Waals surface area (Å²) >= 11 is 0. The Morgan fingerprint density at radius 3 is 2.79 bits per heavy atom. The minimum atomic E-state index is -1.30. The summed E-state index contributed by atoms with van der Waals surface area (Å²) in [6, 6.07) is 15.0. The standard InChI is InChI=1S/C25H23FN4O3/c1-29-14-19(25(32)33)23(31)18-10-16-11-20(26)22(12-21(16)28-24(18)29)30-8-7-27-17(13-30)9-15-5-3-2-4-6-15/h2-6,10-12,14,17,27H,7-9,13H2,1H3,(H,32,33). The quantitative estimate of drug-likeness (QED) is 0.469. The number of rotatable bonds is 4. The number of fused-ring (bicyclic) bond motifs is 2. The summed E-state index contributed by atoms with van der Waals surface area (Å²) in [6.07, 6.45) is 2.12. The first-order chi connectivity index (χ1) is 15.9. The average Bonchev–Trinajstić information content (AvgIpc) is 2.81. The van der Waals surface area contributed by atoms with Crippen LogP contribution in [0.5, 0.6) is 0 Å². The van der Waals surface area contributed by atoms with Crippen LogP contribution in [0.15, 0.2) is 59.5 Å². The van der Waals surface area contributed by atoms with E-state index in [1.165, 1.54) is 28.5 Å². The van der Waals surface area contributed by atoms with Crippen molar-refractivity contribution in [1.29, 1.82) is 0 Å². The minimum absolute atomic E-state index is 0.155. The maximum atomic E-state index is 15.2. The highest BCUT2D eigenvalue weighted by Crippen LogP contribution is 2.28. The van der Waals surface area contributed by atoms with Gasteiger partial charge in [0, 0.05) is 44.3 Å². The normalized spacial score (nSPS) is 16.4. The smallest absolute Gasteiger partial charge is 0.341 e. The largest absolute Gasteiger partial charge is 0.477 e. The molecule has 0 aliphatic carbocycles. The first-order valence-electron chi connectivity index (χ1n) is 10.8. The number of benzene rings is 2. The third kappa shape index (κ3) is 3.93. The monoisotopic (exact) mass is 446 g/mol. The molecular weight excluding hydrogens is 423 g/mol. The van der Waals surface area contributed by atoms with Crippen molar-refractivity contribution in [2.45, 2.75) is 12.5 Å². The van der Waals surface area contributed by atoms with E-state index in [9.17, 15) is 14.7 Å². The van der Waals surface area contributed by atoms with Gasteiger partial charge in [-0.3, -0.25) is 4.79 Å².